The SMILES string of the molecule is CCC(C)CS(=O)(=O)N1CCC(CO)CC1. The lowest BCUT2D eigenvalue weighted by molar-refractivity contribution is 0.170. The summed E-state index contributed by atoms with van der Waals surface area (Å²) in [6.45, 7) is 5.31. The lowest BCUT2D eigenvalue weighted by Gasteiger charge is -2.30. The highest BCUT2D eigenvalue weighted by molar-refractivity contribution is 7.89. The molecule has 0 aromatic rings. The van der Waals surface area contributed by atoms with Crippen molar-refractivity contribution in [2.75, 3.05) is 25.4 Å². The van der Waals surface area contributed by atoms with Crippen LogP contribution < -0.4 is 0 Å². The third-order valence-corrected chi connectivity index (χ3v) is 5.56. The van der Waals surface area contributed by atoms with E-state index in [2.05, 4.69) is 0 Å². The standard InChI is InChI=1S/C11H23NO3S/c1-3-10(2)9-16(14,15)12-6-4-11(8-13)5-7-12/h10-11,13H,3-9H2,1-2H3. The van der Waals surface area contributed by atoms with Gasteiger partial charge in [0.15, 0.2) is 0 Å². The molecule has 0 aromatic carbocycles. The minimum atomic E-state index is -3.07. The van der Waals surface area contributed by atoms with E-state index in [-0.39, 0.29) is 24.2 Å². The maximum absolute atomic E-state index is 12.0. The van der Waals surface area contributed by atoms with E-state index in [4.69, 9.17) is 5.11 Å². The molecule has 0 radical (unpaired) electrons. The van der Waals surface area contributed by atoms with Gasteiger partial charge in [0.1, 0.15) is 0 Å². The highest BCUT2D eigenvalue weighted by Crippen LogP contribution is 2.20. The zero-order valence-electron chi connectivity index (χ0n) is 10.2. The van der Waals surface area contributed by atoms with Crippen molar-refractivity contribution >= 4 is 10.0 Å². The normalized spacial score (nSPS) is 22.2. The Bertz CT molecular complexity index is 294. The fourth-order valence-corrected chi connectivity index (χ4v) is 3.89. The molecule has 16 heavy (non-hydrogen) atoms. The molecule has 0 aromatic heterocycles. The fraction of sp³-hybridized carbons (Fsp3) is 1.00. The van der Waals surface area contributed by atoms with Crippen molar-refractivity contribution in [1.29, 1.82) is 0 Å². The monoisotopic (exact) mass is 249 g/mol. The lowest BCUT2D eigenvalue weighted by atomic mass is 10.00. The summed E-state index contributed by atoms with van der Waals surface area (Å²) in [5, 5.41) is 9.00. The van der Waals surface area contributed by atoms with Crippen LogP contribution in [0.2, 0.25) is 0 Å². The van der Waals surface area contributed by atoms with Crippen molar-refractivity contribution < 1.29 is 13.5 Å². The molecule has 1 N–H and O–H groups in total. The van der Waals surface area contributed by atoms with Crippen LogP contribution in [0.4, 0.5) is 0 Å². The fourth-order valence-electron chi connectivity index (χ4n) is 1.95. The molecule has 0 amide bonds. The molecule has 96 valence electrons. The van der Waals surface area contributed by atoms with Crippen molar-refractivity contribution in [3.63, 3.8) is 0 Å². The van der Waals surface area contributed by atoms with E-state index in [9.17, 15) is 8.42 Å². The van der Waals surface area contributed by atoms with Crippen molar-refractivity contribution in [2.24, 2.45) is 11.8 Å². The smallest absolute Gasteiger partial charge is 0.214 e. The van der Waals surface area contributed by atoms with Crippen LogP contribution in [0.3, 0.4) is 0 Å². The van der Waals surface area contributed by atoms with E-state index in [1.807, 2.05) is 13.8 Å². The molecule has 1 heterocycles. The summed E-state index contributed by atoms with van der Waals surface area (Å²) in [5.41, 5.74) is 0. The summed E-state index contributed by atoms with van der Waals surface area (Å²) in [4.78, 5) is 0. The highest BCUT2D eigenvalue weighted by atomic mass is 32.2. The molecule has 0 aliphatic carbocycles. The average Bonchev–Trinajstić information content (AvgIpc) is 2.28. The number of nitrogens with zero attached hydrogens (tertiary/aromatic N) is 1. The molecule has 4 nitrogen and oxygen atoms in total. The van der Waals surface area contributed by atoms with Gasteiger partial charge in [-0.15, -0.1) is 0 Å². The van der Waals surface area contributed by atoms with E-state index in [0.29, 0.717) is 13.1 Å². The van der Waals surface area contributed by atoms with Crippen LogP contribution in [0.25, 0.3) is 0 Å². The van der Waals surface area contributed by atoms with Gasteiger partial charge in [-0.3, -0.25) is 0 Å². The maximum atomic E-state index is 12.0. The zero-order valence-corrected chi connectivity index (χ0v) is 11.0. The number of sulfonamides is 1. The molecule has 1 fully saturated rings. The van der Waals surface area contributed by atoms with E-state index in [1.165, 1.54) is 0 Å². The van der Waals surface area contributed by atoms with E-state index >= 15 is 0 Å². The summed E-state index contributed by atoms with van der Waals surface area (Å²) in [6, 6.07) is 0. The van der Waals surface area contributed by atoms with E-state index in [1.54, 1.807) is 4.31 Å². The quantitative estimate of drug-likeness (QED) is 0.793. The summed E-state index contributed by atoms with van der Waals surface area (Å²) in [7, 11) is -3.07. The third kappa shape index (κ3) is 3.71. The van der Waals surface area contributed by atoms with Gasteiger partial charge in [0.05, 0.1) is 5.75 Å². The van der Waals surface area contributed by atoms with Crippen LogP contribution in [0.15, 0.2) is 0 Å². The van der Waals surface area contributed by atoms with Crippen LogP contribution in [0.5, 0.6) is 0 Å². The van der Waals surface area contributed by atoms with E-state index in [0.717, 1.165) is 19.3 Å². The van der Waals surface area contributed by atoms with Crippen LogP contribution in [0.1, 0.15) is 33.1 Å². The first-order valence-corrected chi connectivity index (χ1v) is 7.69. The minimum Gasteiger partial charge on any atom is -0.396 e. The van der Waals surface area contributed by atoms with Gasteiger partial charge in [-0.25, -0.2) is 12.7 Å². The molecule has 0 saturated carbocycles. The summed E-state index contributed by atoms with van der Waals surface area (Å²) in [6.07, 6.45) is 2.47. The first-order valence-electron chi connectivity index (χ1n) is 6.08. The number of hydrogen-bond donors (Lipinski definition) is 1. The molecule has 0 bridgehead atoms. The molecule has 1 saturated heterocycles. The third-order valence-electron chi connectivity index (χ3n) is 3.42. The van der Waals surface area contributed by atoms with Gasteiger partial charge >= 0.3 is 0 Å². The van der Waals surface area contributed by atoms with Gasteiger partial charge in [-0.1, -0.05) is 20.3 Å². The molecule has 1 rings (SSSR count). The second-order valence-electron chi connectivity index (χ2n) is 4.82. The Morgan fingerprint density at radius 2 is 1.94 bits per heavy atom. The van der Waals surface area contributed by atoms with Gasteiger partial charge in [0, 0.05) is 19.7 Å². The molecular weight excluding hydrogens is 226 g/mol. The molecule has 1 aliphatic rings. The van der Waals surface area contributed by atoms with Gasteiger partial charge < -0.3 is 5.11 Å². The van der Waals surface area contributed by atoms with Gasteiger partial charge in [-0.2, -0.15) is 0 Å². The Balaban J connectivity index is 2.51. The van der Waals surface area contributed by atoms with Crippen molar-refractivity contribution in [3.05, 3.63) is 0 Å². The van der Waals surface area contributed by atoms with Crippen molar-refractivity contribution in [1.82, 2.24) is 4.31 Å². The van der Waals surface area contributed by atoms with Crippen molar-refractivity contribution in [2.45, 2.75) is 33.1 Å². The Morgan fingerprint density at radius 1 is 1.38 bits per heavy atom. The number of piperidine rings is 1. The van der Waals surface area contributed by atoms with E-state index < -0.39 is 10.0 Å². The Kier molecular flexibility index (Phi) is 5.21. The number of aliphatic hydroxyl groups excluding tert-OH is 1. The van der Waals surface area contributed by atoms with Crippen LogP contribution in [0, 0.1) is 11.8 Å². The Morgan fingerprint density at radius 3 is 2.38 bits per heavy atom. The zero-order chi connectivity index (χ0) is 12.2. The van der Waals surface area contributed by atoms with Crippen molar-refractivity contribution in [3.8, 4) is 0 Å². The number of rotatable bonds is 5. The number of hydrogen-bond acceptors (Lipinski definition) is 3. The van der Waals surface area contributed by atoms with Crippen LogP contribution in [-0.4, -0.2) is 43.3 Å². The first-order chi connectivity index (χ1) is 7.49. The summed E-state index contributed by atoms with van der Waals surface area (Å²) >= 11 is 0. The Labute approximate surface area is 98.7 Å². The second kappa shape index (κ2) is 5.98. The molecule has 5 heteroatoms. The largest absolute Gasteiger partial charge is 0.396 e. The summed E-state index contributed by atoms with van der Waals surface area (Å²) < 4.78 is 25.6. The second-order valence-corrected chi connectivity index (χ2v) is 6.83. The predicted molar refractivity (Wildman–Crippen MR) is 64.6 cm³/mol. The lowest BCUT2D eigenvalue weighted by Crippen LogP contribution is -2.41. The van der Waals surface area contributed by atoms with Gasteiger partial charge in [0.2, 0.25) is 10.0 Å². The molecule has 1 unspecified atom stereocenters. The topological polar surface area (TPSA) is 57.6 Å². The van der Waals surface area contributed by atoms with Crippen LogP contribution in [-0.2, 0) is 10.0 Å². The molecular formula is C11H23NO3S. The minimum absolute atomic E-state index is 0.180. The molecule has 1 atom stereocenters. The highest BCUT2D eigenvalue weighted by Gasteiger charge is 2.28. The maximum Gasteiger partial charge on any atom is 0.214 e. The average molecular weight is 249 g/mol. The van der Waals surface area contributed by atoms with Gasteiger partial charge in [-0.05, 0) is 24.7 Å². The number of aliphatic hydroxyl groups is 1. The van der Waals surface area contributed by atoms with Crippen LogP contribution >= 0.6 is 0 Å². The Hall–Kier alpha value is -0.130. The summed E-state index contributed by atoms with van der Waals surface area (Å²) in [5.74, 6) is 0.767. The predicted octanol–water partition coefficient (Wildman–Crippen LogP) is 1.07. The molecule has 1 aliphatic heterocycles. The molecule has 0 spiro atoms. The van der Waals surface area contributed by atoms with Gasteiger partial charge in [0.25, 0.3) is 0 Å². The first kappa shape index (κ1) is 13.9.